The number of nitrogens with one attached hydrogen (secondary N) is 1. The Morgan fingerprint density at radius 3 is 2.31 bits per heavy atom. The van der Waals surface area contributed by atoms with Crippen molar-refractivity contribution in [2.45, 2.75) is 19.4 Å². The summed E-state index contributed by atoms with van der Waals surface area (Å²) in [6, 6.07) is 19.0. The molecule has 36 heavy (non-hydrogen) atoms. The van der Waals surface area contributed by atoms with Crippen LogP contribution in [0.5, 0.6) is 5.75 Å². The fourth-order valence-corrected chi connectivity index (χ4v) is 6.92. The highest BCUT2D eigenvalue weighted by molar-refractivity contribution is 14.1. The number of fused-ring (bicyclic) bond motifs is 2. The largest absolute Gasteiger partial charge is 0.487 e. The van der Waals surface area contributed by atoms with E-state index < -0.39 is 11.9 Å². The van der Waals surface area contributed by atoms with Crippen molar-refractivity contribution in [3.05, 3.63) is 112 Å². The van der Waals surface area contributed by atoms with Crippen molar-refractivity contribution in [3.8, 4) is 5.75 Å². The lowest BCUT2D eigenvalue weighted by Gasteiger charge is -2.29. The zero-order valence-corrected chi connectivity index (χ0v) is 24.4. The molecule has 0 saturated carbocycles. The minimum absolute atomic E-state index is 0.0833. The van der Waals surface area contributed by atoms with Gasteiger partial charge < -0.3 is 14.8 Å². The van der Waals surface area contributed by atoms with Crippen LogP contribution in [0.1, 0.15) is 39.9 Å². The third kappa shape index (κ3) is 4.45. The van der Waals surface area contributed by atoms with Gasteiger partial charge in [-0.15, -0.1) is 0 Å². The van der Waals surface area contributed by atoms with Crippen LogP contribution in [0.2, 0.25) is 5.02 Å². The van der Waals surface area contributed by atoms with E-state index in [0.29, 0.717) is 34.0 Å². The molecule has 0 radical (unpaired) electrons. The lowest BCUT2D eigenvalue weighted by Crippen LogP contribution is -2.29. The Morgan fingerprint density at radius 2 is 1.67 bits per heavy atom. The number of methoxy groups -OCH3 is 1. The molecule has 3 aromatic carbocycles. The van der Waals surface area contributed by atoms with Crippen LogP contribution in [0.4, 0.5) is 0 Å². The number of allylic oxidation sites excluding steroid dienone is 2. The molecule has 3 aromatic rings. The molecule has 0 bridgehead atoms. The molecule has 0 unspecified atom stereocenters. The Hall–Kier alpha value is -2.37. The first kappa shape index (κ1) is 25.3. The molecular weight excluding hydrogens is 704 g/mol. The Kier molecular flexibility index (Phi) is 7.15. The summed E-state index contributed by atoms with van der Waals surface area (Å²) in [5.41, 5.74) is 5.72. The van der Waals surface area contributed by atoms with E-state index in [9.17, 15) is 9.59 Å². The van der Waals surface area contributed by atoms with Gasteiger partial charge in [-0.3, -0.25) is 4.79 Å². The fourth-order valence-electron chi connectivity index (χ4n) is 4.66. The summed E-state index contributed by atoms with van der Waals surface area (Å²) in [6.07, 6.45) is 0. The molecule has 0 fully saturated rings. The number of carbonyl (C=O) groups excluding carboxylic acids is 2. The highest BCUT2D eigenvalue weighted by Gasteiger charge is 2.43. The number of ether oxygens (including phenoxy) is 2. The number of dihydropyridines is 1. The first-order valence-corrected chi connectivity index (χ1v) is 13.6. The van der Waals surface area contributed by atoms with E-state index in [1.807, 2.05) is 67.6 Å². The third-order valence-corrected chi connectivity index (χ3v) is 8.16. The summed E-state index contributed by atoms with van der Waals surface area (Å²) < 4.78 is 13.1. The number of halogens is 3. The molecule has 1 atom stereocenters. The first-order chi connectivity index (χ1) is 17.3. The van der Waals surface area contributed by atoms with Crippen LogP contribution in [-0.4, -0.2) is 18.9 Å². The van der Waals surface area contributed by atoms with Crippen molar-refractivity contribution in [1.29, 1.82) is 0 Å². The third-order valence-electron chi connectivity index (χ3n) is 6.30. The number of carbonyl (C=O) groups is 2. The first-order valence-electron chi connectivity index (χ1n) is 11.1. The molecule has 5 nitrogen and oxygen atoms in total. The predicted octanol–water partition coefficient (Wildman–Crippen LogP) is 6.87. The van der Waals surface area contributed by atoms with Crippen LogP contribution in [0, 0.1) is 7.14 Å². The van der Waals surface area contributed by atoms with Gasteiger partial charge in [0.15, 0.2) is 5.78 Å². The predicted molar refractivity (Wildman–Crippen MR) is 156 cm³/mol. The molecule has 0 amide bonds. The van der Waals surface area contributed by atoms with Gasteiger partial charge in [0.05, 0.1) is 25.5 Å². The Balaban J connectivity index is 1.57. The molecular formula is C28H20ClI2NO4. The molecule has 1 heterocycles. The second-order valence-electron chi connectivity index (χ2n) is 8.48. The van der Waals surface area contributed by atoms with Crippen LogP contribution in [0.25, 0.3) is 5.70 Å². The molecule has 2 aliphatic rings. The van der Waals surface area contributed by atoms with E-state index in [1.165, 1.54) is 7.11 Å². The summed E-state index contributed by atoms with van der Waals surface area (Å²) in [4.78, 5) is 26.5. The molecule has 0 saturated heterocycles. The van der Waals surface area contributed by atoms with Gasteiger partial charge in [0.2, 0.25) is 0 Å². The Morgan fingerprint density at radius 1 is 1.03 bits per heavy atom. The number of ketones is 1. The molecule has 1 aliphatic carbocycles. The van der Waals surface area contributed by atoms with E-state index in [1.54, 1.807) is 0 Å². The smallest absolute Gasteiger partial charge is 0.336 e. The van der Waals surface area contributed by atoms with Crippen LogP contribution in [0.3, 0.4) is 0 Å². The zero-order valence-electron chi connectivity index (χ0n) is 19.3. The highest BCUT2D eigenvalue weighted by atomic mass is 127. The van der Waals surface area contributed by atoms with E-state index in [-0.39, 0.29) is 5.78 Å². The van der Waals surface area contributed by atoms with Crippen LogP contribution >= 0.6 is 56.8 Å². The molecule has 1 aliphatic heterocycles. The Bertz CT molecular complexity index is 1450. The van der Waals surface area contributed by atoms with Crippen molar-refractivity contribution in [2.24, 2.45) is 0 Å². The quantitative estimate of drug-likeness (QED) is 0.230. The summed E-state index contributed by atoms with van der Waals surface area (Å²) in [6.45, 7) is 2.24. The average molecular weight is 724 g/mol. The van der Waals surface area contributed by atoms with Crippen molar-refractivity contribution in [2.75, 3.05) is 7.11 Å². The maximum absolute atomic E-state index is 13.6. The van der Waals surface area contributed by atoms with Crippen LogP contribution in [0.15, 0.2) is 77.5 Å². The van der Waals surface area contributed by atoms with Gasteiger partial charge in [0.25, 0.3) is 0 Å². The van der Waals surface area contributed by atoms with Crippen molar-refractivity contribution in [3.63, 3.8) is 0 Å². The lowest BCUT2D eigenvalue weighted by atomic mass is 9.80. The van der Waals surface area contributed by atoms with Gasteiger partial charge in [0, 0.05) is 33.3 Å². The second-order valence-corrected chi connectivity index (χ2v) is 11.2. The van der Waals surface area contributed by atoms with Crippen LogP contribution in [-0.2, 0) is 16.1 Å². The number of rotatable bonds is 5. The molecule has 1 N–H and O–H groups in total. The molecule has 5 rings (SSSR count). The fraction of sp³-hybridized carbons (Fsp3) is 0.143. The minimum Gasteiger partial charge on any atom is -0.487 e. The Labute approximate surface area is 241 Å². The van der Waals surface area contributed by atoms with Gasteiger partial charge in [-0.1, -0.05) is 48.0 Å². The number of hydrogen-bond donors (Lipinski definition) is 1. The van der Waals surface area contributed by atoms with Gasteiger partial charge in [0.1, 0.15) is 12.4 Å². The maximum Gasteiger partial charge on any atom is 0.336 e. The normalized spacial score (nSPS) is 16.5. The second kappa shape index (κ2) is 10.2. The molecule has 182 valence electrons. The summed E-state index contributed by atoms with van der Waals surface area (Å²) in [5, 5.41) is 3.99. The summed E-state index contributed by atoms with van der Waals surface area (Å²) >= 11 is 10.5. The van der Waals surface area contributed by atoms with Crippen molar-refractivity contribution < 1.29 is 19.1 Å². The van der Waals surface area contributed by atoms with Crippen molar-refractivity contribution >= 4 is 74.2 Å². The van der Waals surface area contributed by atoms with E-state index in [0.717, 1.165) is 35.3 Å². The maximum atomic E-state index is 13.6. The SMILES string of the molecule is COC(=O)C1=C(C)NC2=C(C(=O)c3ccccc32)[C@@H]1c1cc(I)c(OCc2ccc(Cl)cc2)c(I)c1. The van der Waals surface area contributed by atoms with Gasteiger partial charge in [-0.05, 0) is 87.5 Å². The molecule has 0 aromatic heterocycles. The average Bonchev–Trinajstić information content (AvgIpc) is 3.14. The summed E-state index contributed by atoms with van der Waals surface area (Å²) in [7, 11) is 1.36. The highest BCUT2D eigenvalue weighted by Crippen LogP contribution is 2.48. The standard InChI is InChI=1S/C28H20ClI2NO4/c1-14-22(28(34)35-2)23(24-25(32-14)18-5-3-4-6-19(18)26(24)33)16-11-20(30)27(21(31)12-16)36-13-15-7-9-17(29)10-8-15/h3-12,23,32H,13H2,1-2H3/t23-/m1/s1. The summed E-state index contributed by atoms with van der Waals surface area (Å²) in [5.74, 6) is -0.367. The van der Waals surface area contributed by atoms with Gasteiger partial charge >= 0.3 is 5.97 Å². The monoisotopic (exact) mass is 723 g/mol. The lowest BCUT2D eigenvalue weighted by molar-refractivity contribution is -0.136. The topological polar surface area (TPSA) is 64.6 Å². The number of benzene rings is 3. The van der Waals surface area contributed by atoms with E-state index in [4.69, 9.17) is 21.1 Å². The number of Topliss-reactive ketones (excluding diaryl/α,β-unsaturated/α-hetero) is 1. The van der Waals surface area contributed by atoms with E-state index in [2.05, 4.69) is 50.5 Å². The minimum atomic E-state index is -0.569. The van der Waals surface area contributed by atoms with E-state index >= 15 is 0 Å². The van der Waals surface area contributed by atoms with Crippen LogP contribution < -0.4 is 10.1 Å². The van der Waals surface area contributed by atoms with Crippen molar-refractivity contribution in [1.82, 2.24) is 5.32 Å². The van der Waals surface area contributed by atoms with Gasteiger partial charge in [-0.25, -0.2) is 4.79 Å². The van der Waals surface area contributed by atoms with Gasteiger partial charge in [-0.2, -0.15) is 0 Å². The molecule has 8 heteroatoms. The molecule has 0 spiro atoms. The zero-order chi connectivity index (χ0) is 25.6. The number of esters is 1. The number of hydrogen-bond acceptors (Lipinski definition) is 5.